The molecule has 1 unspecified atom stereocenters. The van der Waals surface area contributed by atoms with E-state index in [1.165, 1.54) is 0 Å². The molecule has 0 amide bonds. The van der Waals surface area contributed by atoms with Crippen LogP contribution in [0.4, 0.5) is 5.69 Å². The predicted molar refractivity (Wildman–Crippen MR) is 105 cm³/mol. The van der Waals surface area contributed by atoms with Crippen molar-refractivity contribution in [3.05, 3.63) is 66.2 Å². The first-order chi connectivity index (χ1) is 13.0. The average molecular weight is 380 g/mol. The third-order valence-corrected chi connectivity index (χ3v) is 4.87. The predicted octanol–water partition coefficient (Wildman–Crippen LogP) is 3.00. The number of nitrogens with zero attached hydrogens (tertiary/aromatic N) is 4. The van der Waals surface area contributed by atoms with Gasteiger partial charge in [-0.25, -0.2) is 0 Å². The summed E-state index contributed by atoms with van der Waals surface area (Å²) >= 11 is -2.32. The second-order valence-electron chi connectivity index (χ2n) is 6.37. The first kappa shape index (κ1) is 17.4. The van der Waals surface area contributed by atoms with Crippen molar-refractivity contribution in [3.8, 4) is 11.3 Å². The van der Waals surface area contributed by atoms with E-state index in [2.05, 4.69) is 19.4 Å². The number of aryl methyl sites for hydroxylation is 2. The van der Waals surface area contributed by atoms with Crippen LogP contribution in [0.5, 0.6) is 0 Å². The van der Waals surface area contributed by atoms with Gasteiger partial charge in [0.2, 0.25) is 0 Å². The molecule has 4 rings (SSSR count). The maximum Gasteiger partial charge on any atom is 0.0962 e. The lowest BCUT2D eigenvalue weighted by atomic mass is 10.1. The summed E-state index contributed by atoms with van der Waals surface area (Å²) in [6.45, 7) is 2.65. The van der Waals surface area contributed by atoms with Crippen molar-refractivity contribution >= 4 is 27.9 Å². The van der Waals surface area contributed by atoms with Crippen LogP contribution in [-0.4, -0.2) is 28.1 Å². The Kier molecular flexibility index (Phi) is 4.51. The molecule has 27 heavy (non-hydrogen) atoms. The Morgan fingerprint density at radius 2 is 1.93 bits per heavy atom. The van der Waals surface area contributed by atoms with Crippen LogP contribution < -0.4 is 4.72 Å². The molecule has 0 spiro atoms. The Bertz CT molecular complexity index is 1130. The maximum absolute atomic E-state index is 10.7. The Balaban J connectivity index is 1.74. The minimum Gasteiger partial charge on any atom is -0.755 e. The molecular weight excluding hydrogens is 362 g/mol. The highest BCUT2D eigenvalue weighted by Gasteiger charge is 2.15. The zero-order valence-corrected chi connectivity index (χ0v) is 15.7. The van der Waals surface area contributed by atoms with Crippen LogP contribution in [0, 0.1) is 6.92 Å². The summed E-state index contributed by atoms with van der Waals surface area (Å²) in [5, 5.41) is 5.61. The normalized spacial score (nSPS) is 12.4. The molecule has 3 heterocycles. The van der Waals surface area contributed by atoms with Gasteiger partial charge in [0.05, 0.1) is 11.2 Å². The number of aromatic nitrogens is 4. The molecule has 0 aliphatic carbocycles. The number of anilines is 1. The van der Waals surface area contributed by atoms with Crippen molar-refractivity contribution in [2.75, 3.05) is 4.72 Å². The van der Waals surface area contributed by atoms with E-state index in [0.717, 1.165) is 33.4 Å². The quantitative estimate of drug-likeness (QED) is 0.539. The van der Waals surface area contributed by atoms with Gasteiger partial charge >= 0.3 is 0 Å². The third-order valence-electron chi connectivity index (χ3n) is 4.47. The number of hydrogen-bond donors (Lipinski definition) is 1. The molecule has 0 aliphatic rings. The van der Waals surface area contributed by atoms with E-state index < -0.39 is 11.3 Å². The molecule has 138 valence electrons. The highest BCUT2D eigenvalue weighted by Crippen LogP contribution is 2.30. The summed E-state index contributed by atoms with van der Waals surface area (Å²) in [4.78, 5) is 4.52. The lowest BCUT2D eigenvalue weighted by Gasteiger charge is -2.12. The largest absolute Gasteiger partial charge is 0.755 e. The molecule has 0 aliphatic heterocycles. The van der Waals surface area contributed by atoms with E-state index in [-0.39, 0.29) is 0 Å². The van der Waals surface area contributed by atoms with Gasteiger partial charge in [-0.15, -0.1) is 0 Å². The van der Waals surface area contributed by atoms with Gasteiger partial charge in [0.25, 0.3) is 0 Å². The van der Waals surface area contributed by atoms with E-state index in [1.54, 1.807) is 16.8 Å². The Morgan fingerprint density at radius 1 is 1.15 bits per heavy atom. The van der Waals surface area contributed by atoms with Crippen molar-refractivity contribution in [2.45, 2.75) is 13.5 Å². The van der Waals surface area contributed by atoms with E-state index >= 15 is 0 Å². The minimum absolute atomic E-state index is 0.540. The van der Waals surface area contributed by atoms with Crippen LogP contribution in [0.1, 0.15) is 11.3 Å². The van der Waals surface area contributed by atoms with Gasteiger partial charge in [-0.05, 0) is 36.8 Å². The molecule has 0 saturated carbocycles. The fraction of sp³-hybridized carbons (Fsp3) is 0.158. The van der Waals surface area contributed by atoms with Gasteiger partial charge in [-0.2, -0.15) is 5.10 Å². The summed E-state index contributed by atoms with van der Waals surface area (Å²) in [6, 6.07) is 11.4. The van der Waals surface area contributed by atoms with Gasteiger partial charge in [0.1, 0.15) is 0 Å². The first-order valence-electron chi connectivity index (χ1n) is 8.40. The summed E-state index contributed by atoms with van der Waals surface area (Å²) in [5.74, 6) is 0. The monoisotopic (exact) mass is 380 g/mol. The fourth-order valence-corrected chi connectivity index (χ4v) is 3.57. The first-order valence-corrected chi connectivity index (χ1v) is 9.48. The Morgan fingerprint density at radius 3 is 2.59 bits per heavy atom. The summed E-state index contributed by atoms with van der Waals surface area (Å²) in [6.07, 6.45) is 5.84. The number of benzene rings is 1. The fourth-order valence-electron chi connectivity index (χ4n) is 3.24. The van der Waals surface area contributed by atoms with Crippen LogP contribution in [0.2, 0.25) is 0 Å². The smallest absolute Gasteiger partial charge is 0.0962 e. The highest BCUT2D eigenvalue weighted by molar-refractivity contribution is 7.80. The molecule has 4 aromatic rings. The van der Waals surface area contributed by atoms with Gasteiger partial charge < -0.3 is 13.8 Å². The van der Waals surface area contributed by atoms with Crippen molar-refractivity contribution < 1.29 is 8.76 Å². The number of fused-ring (bicyclic) bond motifs is 1. The van der Waals surface area contributed by atoms with Gasteiger partial charge in [-0.1, -0.05) is 12.1 Å². The lowest BCUT2D eigenvalue weighted by molar-refractivity contribution is 0.542. The summed E-state index contributed by atoms with van der Waals surface area (Å²) in [7, 11) is 1.90. The zero-order chi connectivity index (χ0) is 19.0. The van der Waals surface area contributed by atoms with E-state index in [1.807, 2.05) is 56.8 Å². The molecule has 0 radical (unpaired) electrons. The highest BCUT2D eigenvalue weighted by atomic mass is 32.2. The molecule has 1 N–H and O–H groups in total. The van der Waals surface area contributed by atoms with Crippen LogP contribution in [0.25, 0.3) is 22.2 Å². The molecule has 1 aromatic carbocycles. The zero-order valence-electron chi connectivity index (χ0n) is 14.9. The standard InChI is InChI=1S/C19H19N5O2S/c1-13-18(17-8-9-23(2)21-17)19-15(11-20-13)7-10-24(19)12-14-3-5-16(6-4-14)22-27(25)26/h3-11,22H,12H2,1-2H3,(H,25,26)/p-1. The molecule has 7 nitrogen and oxygen atoms in total. The molecule has 0 saturated heterocycles. The van der Waals surface area contributed by atoms with E-state index in [9.17, 15) is 8.76 Å². The molecule has 3 aromatic heterocycles. The van der Waals surface area contributed by atoms with E-state index in [0.29, 0.717) is 12.2 Å². The van der Waals surface area contributed by atoms with Crippen LogP contribution in [-0.2, 0) is 24.9 Å². The second-order valence-corrected chi connectivity index (χ2v) is 7.05. The van der Waals surface area contributed by atoms with Crippen molar-refractivity contribution in [1.82, 2.24) is 19.3 Å². The third kappa shape index (κ3) is 3.49. The number of rotatable bonds is 5. The number of hydrogen-bond acceptors (Lipinski definition) is 4. The number of nitrogens with one attached hydrogen (secondary N) is 1. The molecular formula is C19H18N5O2S-. The minimum atomic E-state index is -2.32. The second kappa shape index (κ2) is 6.98. The van der Waals surface area contributed by atoms with Crippen molar-refractivity contribution in [1.29, 1.82) is 0 Å². The number of pyridine rings is 1. The van der Waals surface area contributed by atoms with Gasteiger partial charge in [0.15, 0.2) is 0 Å². The average Bonchev–Trinajstić information content (AvgIpc) is 3.23. The Labute approximate surface area is 159 Å². The molecule has 0 bridgehead atoms. The molecule has 1 atom stereocenters. The maximum atomic E-state index is 10.7. The van der Waals surface area contributed by atoms with Crippen LogP contribution >= 0.6 is 0 Å². The molecule has 0 fully saturated rings. The lowest BCUT2D eigenvalue weighted by Crippen LogP contribution is -2.03. The Hall–Kier alpha value is -2.97. The summed E-state index contributed by atoms with van der Waals surface area (Å²) < 4.78 is 27.8. The van der Waals surface area contributed by atoms with Crippen molar-refractivity contribution in [2.24, 2.45) is 7.05 Å². The van der Waals surface area contributed by atoms with Crippen LogP contribution in [0.3, 0.4) is 0 Å². The SMILES string of the molecule is Cc1ncc2ccn(Cc3ccc(NS(=O)[O-])cc3)c2c1-c1ccn(C)n1. The van der Waals surface area contributed by atoms with Crippen molar-refractivity contribution in [3.63, 3.8) is 0 Å². The summed E-state index contributed by atoms with van der Waals surface area (Å²) in [5.41, 5.74) is 5.54. The molecule has 8 heteroatoms. The van der Waals surface area contributed by atoms with Gasteiger partial charge in [-0.3, -0.25) is 13.9 Å². The topological polar surface area (TPSA) is 87.8 Å². The van der Waals surface area contributed by atoms with E-state index in [4.69, 9.17) is 0 Å². The van der Waals surface area contributed by atoms with Gasteiger partial charge in [0, 0.05) is 65.8 Å². The van der Waals surface area contributed by atoms with Crippen LogP contribution in [0.15, 0.2) is 55.0 Å².